The van der Waals surface area contributed by atoms with Crippen molar-refractivity contribution in [3.63, 3.8) is 0 Å². The highest BCUT2D eigenvalue weighted by Crippen LogP contribution is 2.21. The highest BCUT2D eigenvalue weighted by molar-refractivity contribution is 7.89. The van der Waals surface area contributed by atoms with Gasteiger partial charge in [-0.2, -0.15) is 4.31 Å². The first-order valence-corrected chi connectivity index (χ1v) is 14.3. The highest BCUT2D eigenvalue weighted by Gasteiger charge is 2.28. The fraction of sp³-hybridized carbons (Fsp3) is 0.481. The number of morpholine rings is 1. The van der Waals surface area contributed by atoms with Crippen LogP contribution < -0.4 is 10.1 Å². The monoisotopic (exact) mass is 545 g/mol. The third-order valence-electron chi connectivity index (χ3n) is 6.68. The molecule has 2 aromatic rings. The summed E-state index contributed by atoms with van der Waals surface area (Å²) >= 11 is 0. The normalized spacial score (nSPS) is 19.0. The number of nitrogens with zero attached hydrogens (tertiary/aromatic N) is 2. The van der Waals surface area contributed by atoms with Crippen molar-refractivity contribution < 1.29 is 32.2 Å². The average molecular weight is 546 g/mol. The molecule has 2 fully saturated rings. The lowest BCUT2D eigenvalue weighted by Gasteiger charge is -2.29. The first kappa shape index (κ1) is 28.0. The Morgan fingerprint density at radius 2 is 1.79 bits per heavy atom. The molecule has 206 valence electrons. The van der Waals surface area contributed by atoms with Crippen LogP contribution >= 0.6 is 0 Å². The SMILES string of the molecule is C[C@H](C(=O)NC[C@@H]1CCCO1)N(Cc1ccccc1)C(=O)COc1ccc(S(=O)(=O)N2CCOCC2)cc1. The summed E-state index contributed by atoms with van der Waals surface area (Å²) in [5.41, 5.74) is 0.886. The van der Waals surface area contributed by atoms with Gasteiger partial charge in [0.1, 0.15) is 11.8 Å². The van der Waals surface area contributed by atoms with Gasteiger partial charge in [-0.05, 0) is 49.6 Å². The van der Waals surface area contributed by atoms with E-state index in [2.05, 4.69) is 5.32 Å². The molecule has 2 atom stereocenters. The minimum atomic E-state index is -3.62. The van der Waals surface area contributed by atoms with Gasteiger partial charge in [0, 0.05) is 32.8 Å². The Kier molecular flexibility index (Phi) is 9.73. The molecule has 2 heterocycles. The summed E-state index contributed by atoms with van der Waals surface area (Å²) in [7, 11) is -3.62. The van der Waals surface area contributed by atoms with Gasteiger partial charge < -0.3 is 24.4 Å². The molecule has 2 aliphatic heterocycles. The summed E-state index contributed by atoms with van der Waals surface area (Å²) in [4.78, 5) is 27.8. The standard InChI is InChI=1S/C27H35N3O7S/c1-21(27(32)28-18-24-8-5-15-36-24)30(19-22-6-3-2-4-7-22)26(31)20-37-23-9-11-25(12-10-23)38(33,34)29-13-16-35-17-14-29/h2-4,6-7,9-12,21,24H,5,8,13-20H2,1H3,(H,28,32)/t21-,24+/m1/s1. The largest absolute Gasteiger partial charge is 0.484 e. The van der Waals surface area contributed by atoms with Gasteiger partial charge in [-0.3, -0.25) is 9.59 Å². The molecule has 0 aromatic heterocycles. The van der Waals surface area contributed by atoms with Gasteiger partial charge in [0.15, 0.2) is 6.61 Å². The maximum atomic E-state index is 13.2. The van der Waals surface area contributed by atoms with Crippen molar-refractivity contribution >= 4 is 21.8 Å². The topological polar surface area (TPSA) is 114 Å². The van der Waals surface area contributed by atoms with Crippen LogP contribution in [0, 0.1) is 0 Å². The van der Waals surface area contributed by atoms with E-state index in [9.17, 15) is 18.0 Å². The molecule has 1 N–H and O–H groups in total. The van der Waals surface area contributed by atoms with Crippen LogP contribution in [0.4, 0.5) is 0 Å². The molecule has 10 nitrogen and oxygen atoms in total. The Hall–Kier alpha value is -2.99. The van der Waals surface area contributed by atoms with Crippen molar-refractivity contribution in [3.05, 3.63) is 60.2 Å². The lowest BCUT2D eigenvalue weighted by molar-refractivity contribution is -0.142. The first-order chi connectivity index (χ1) is 18.3. The van der Waals surface area contributed by atoms with Gasteiger partial charge in [0.25, 0.3) is 5.91 Å². The van der Waals surface area contributed by atoms with Crippen LogP contribution in [0.1, 0.15) is 25.3 Å². The van der Waals surface area contributed by atoms with Crippen molar-refractivity contribution in [2.24, 2.45) is 0 Å². The van der Waals surface area contributed by atoms with Crippen LogP contribution in [0.3, 0.4) is 0 Å². The lowest BCUT2D eigenvalue weighted by atomic mass is 10.1. The molecule has 38 heavy (non-hydrogen) atoms. The molecular formula is C27H35N3O7S. The van der Waals surface area contributed by atoms with Crippen molar-refractivity contribution in [1.82, 2.24) is 14.5 Å². The fourth-order valence-electron chi connectivity index (χ4n) is 4.40. The molecule has 0 saturated carbocycles. The summed E-state index contributed by atoms with van der Waals surface area (Å²) in [5.74, 6) is -0.268. The number of carbonyl (C=O) groups is 2. The molecular weight excluding hydrogens is 510 g/mol. The molecule has 2 saturated heterocycles. The number of hydrogen-bond acceptors (Lipinski definition) is 7. The Balaban J connectivity index is 1.38. The number of sulfonamides is 1. The van der Waals surface area contributed by atoms with Crippen LogP contribution in [0.2, 0.25) is 0 Å². The number of rotatable bonds is 11. The van der Waals surface area contributed by atoms with Crippen molar-refractivity contribution in [2.75, 3.05) is 46.1 Å². The Bertz CT molecular complexity index is 1160. The van der Waals surface area contributed by atoms with Gasteiger partial charge in [-0.1, -0.05) is 30.3 Å². The third kappa shape index (κ3) is 7.31. The molecule has 0 bridgehead atoms. The second-order valence-electron chi connectivity index (χ2n) is 9.34. The van der Waals surface area contributed by atoms with E-state index in [1.807, 2.05) is 30.3 Å². The van der Waals surface area contributed by atoms with E-state index < -0.39 is 16.1 Å². The Morgan fingerprint density at radius 1 is 1.08 bits per heavy atom. The van der Waals surface area contributed by atoms with E-state index in [1.165, 1.54) is 33.5 Å². The number of benzene rings is 2. The van der Waals surface area contributed by atoms with Gasteiger partial charge in [0.05, 0.1) is 24.2 Å². The van der Waals surface area contributed by atoms with E-state index in [0.29, 0.717) is 45.2 Å². The van der Waals surface area contributed by atoms with Gasteiger partial charge in [-0.25, -0.2) is 8.42 Å². The van der Waals surface area contributed by atoms with Gasteiger partial charge >= 0.3 is 0 Å². The number of ether oxygens (including phenoxy) is 3. The molecule has 2 aliphatic rings. The van der Waals surface area contributed by atoms with Gasteiger partial charge in [-0.15, -0.1) is 0 Å². The second-order valence-corrected chi connectivity index (χ2v) is 11.3. The molecule has 2 amide bonds. The Morgan fingerprint density at radius 3 is 2.45 bits per heavy atom. The second kappa shape index (κ2) is 13.2. The summed E-state index contributed by atoms with van der Waals surface area (Å²) in [6.45, 7) is 4.10. The first-order valence-electron chi connectivity index (χ1n) is 12.9. The molecule has 0 unspecified atom stereocenters. The maximum Gasteiger partial charge on any atom is 0.261 e. The quantitative estimate of drug-likeness (QED) is 0.458. The maximum absolute atomic E-state index is 13.2. The van der Waals surface area contributed by atoms with Crippen molar-refractivity contribution in [1.29, 1.82) is 0 Å². The van der Waals surface area contributed by atoms with Crippen molar-refractivity contribution in [2.45, 2.75) is 43.4 Å². The average Bonchev–Trinajstić information content (AvgIpc) is 3.48. The predicted octanol–water partition coefficient (Wildman–Crippen LogP) is 1.80. The highest BCUT2D eigenvalue weighted by atomic mass is 32.2. The predicted molar refractivity (Wildman–Crippen MR) is 140 cm³/mol. The van der Waals surface area contributed by atoms with Crippen LogP contribution in [0.5, 0.6) is 5.75 Å². The zero-order valence-electron chi connectivity index (χ0n) is 21.6. The van der Waals surface area contributed by atoms with Crippen LogP contribution in [-0.2, 0) is 35.6 Å². The molecule has 0 aliphatic carbocycles. The zero-order valence-corrected chi connectivity index (χ0v) is 22.4. The summed E-state index contributed by atoms with van der Waals surface area (Å²) < 4.78 is 43.6. The zero-order chi connectivity index (χ0) is 27.0. The van der Waals surface area contributed by atoms with Crippen LogP contribution in [-0.4, -0.2) is 87.6 Å². The van der Waals surface area contributed by atoms with E-state index >= 15 is 0 Å². The van der Waals surface area contributed by atoms with Gasteiger partial charge in [0.2, 0.25) is 15.9 Å². The Labute approximate surface area is 223 Å². The summed E-state index contributed by atoms with van der Waals surface area (Å²) in [5, 5.41) is 2.90. The molecule has 4 rings (SSSR count). The molecule has 0 radical (unpaired) electrons. The molecule has 11 heteroatoms. The summed E-state index contributed by atoms with van der Waals surface area (Å²) in [6, 6.07) is 14.7. The smallest absolute Gasteiger partial charge is 0.261 e. The molecule has 2 aromatic carbocycles. The van der Waals surface area contributed by atoms with Crippen LogP contribution in [0.25, 0.3) is 0 Å². The minimum Gasteiger partial charge on any atom is -0.484 e. The van der Waals surface area contributed by atoms with E-state index in [-0.39, 0.29) is 36.0 Å². The van der Waals surface area contributed by atoms with E-state index in [1.54, 1.807) is 6.92 Å². The van der Waals surface area contributed by atoms with Crippen LogP contribution in [0.15, 0.2) is 59.5 Å². The number of hydrogen-bond donors (Lipinski definition) is 1. The van der Waals surface area contributed by atoms with E-state index in [4.69, 9.17) is 14.2 Å². The number of carbonyl (C=O) groups excluding carboxylic acids is 2. The fourth-order valence-corrected chi connectivity index (χ4v) is 5.81. The lowest BCUT2D eigenvalue weighted by Crippen LogP contribution is -2.50. The third-order valence-corrected chi connectivity index (χ3v) is 8.60. The number of nitrogens with one attached hydrogen (secondary N) is 1. The minimum absolute atomic E-state index is 0.00258. The van der Waals surface area contributed by atoms with Crippen molar-refractivity contribution in [3.8, 4) is 5.75 Å². The number of amides is 2. The van der Waals surface area contributed by atoms with E-state index in [0.717, 1.165) is 18.4 Å². The molecule has 0 spiro atoms. The summed E-state index contributed by atoms with van der Waals surface area (Å²) in [6.07, 6.45) is 1.89.